The molecule has 86 valence electrons. The summed E-state index contributed by atoms with van der Waals surface area (Å²) < 4.78 is 0.654. The van der Waals surface area contributed by atoms with Gasteiger partial charge in [-0.1, -0.05) is 18.2 Å². The van der Waals surface area contributed by atoms with E-state index in [-0.39, 0.29) is 5.75 Å². The van der Waals surface area contributed by atoms with Gasteiger partial charge < -0.3 is 5.11 Å². The number of nitrogens with one attached hydrogen (secondary N) is 1. The first kappa shape index (κ1) is 11.7. The molecule has 0 unspecified atom stereocenters. The second kappa shape index (κ2) is 5.50. The van der Waals surface area contributed by atoms with Gasteiger partial charge in [-0.05, 0) is 51.8 Å². The smallest absolute Gasteiger partial charge is 0.129 e. The minimum atomic E-state index is 0.221. The van der Waals surface area contributed by atoms with Crippen molar-refractivity contribution in [2.24, 2.45) is 5.10 Å². The van der Waals surface area contributed by atoms with Crippen LogP contribution in [0, 0.1) is 0 Å². The second-order valence-corrected chi connectivity index (χ2v) is 4.30. The van der Waals surface area contributed by atoms with E-state index in [2.05, 4.69) is 26.5 Å². The summed E-state index contributed by atoms with van der Waals surface area (Å²) in [5.41, 5.74) is 4.75. The molecule has 2 aromatic rings. The first-order valence-corrected chi connectivity index (χ1v) is 5.87. The molecule has 2 aromatic carbocycles. The number of rotatable bonds is 3. The number of halogens is 1. The average Bonchev–Trinajstić information content (AvgIpc) is 2.35. The molecule has 0 aliphatic heterocycles. The number of phenols is 1. The molecule has 0 bridgehead atoms. The molecule has 0 aliphatic carbocycles. The Hall–Kier alpha value is -1.81. The third kappa shape index (κ3) is 3.32. The highest BCUT2D eigenvalue weighted by molar-refractivity contribution is 9.10. The molecule has 2 rings (SSSR count). The Labute approximate surface area is 108 Å². The zero-order valence-electron chi connectivity index (χ0n) is 8.97. The van der Waals surface area contributed by atoms with Crippen molar-refractivity contribution in [3.63, 3.8) is 0 Å². The van der Waals surface area contributed by atoms with E-state index in [1.54, 1.807) is 24.4 Å². The van der Waals surface area contributed by atoms with E-state index < -0.39 is 0 Å². The highest BCUT2D eigenvalue weighted by Gasteiger charge is 1.96. The number of phenolic OH excluding ortho intramolecular Hbond substituents is 1. The van der Waals surface area contributed by atoms with Gasteiger partial charge in [-0.3, -0.25) is 5.43 Å². The SMILES string of the molecule is Oc1ccc(/C=N\Nc2ccccc2)cc1Br. The van der Waals surface area contributed by atoms with Crippen LogP contribution in [0.2, 0.25) is 0 Å². The van der Waals surface area contributed by atoms with Crippen LogP contribution in [0.25, 0.3) is 0 Å². The quantitative estimate of drug-likeness (QED) is 0.670. The van der Waals surface area contributed by atoms with Crippen LogP contribution in [0.15, 0.2) is 58.1 Å². The maximum absolute atomic E-state index is 9.34. The fourth-order valence-electron chi connectivity index (χ4n) is 1.30. The van der Waals surface area contributed by atoms with Gasteiger partial charge in [0.25, 0.3) is 0 Å². The molecule has 0 spiro atoms. The third-order valence-corrected chi connectivity index (χ3v) is 2.79. The molecular weight excluding hydrogens is 280 g/mol. The van der Waals surface area contributed by atoms with Gasteiger partial charge in [0.15, 0.2) is 0 Å². The number of anilines is 1. The highest BCUT2D eigenvalue weighted by atomic mass is 79.9. The van der Waals surface area contributed by atoms with Gasteiger partial charge in [-0.25, -0.2) is 0 Å². The monoisotopic (exact) mass is 290 g/mol. The van der Waals surface area contributed by atoms with Crippen molar-refractivity contribution in [3.8, 4) is 5.75 Å². The fraction of sp³-hybridized carbons (Fsp3) is 0. The first-order valence-electron chi connectivity index (χ1n) is 5.08. The fourth-order valence-corrected chi connectivity index (χ4v) is 1.69. The molecule has 2 N–H and O–H groups in total. The van der Waals surface area contributed by atoms with Gasteiger partial charge in [0.2, 0.25) is 0 Å². The maximum atomic E-state index is 9.34. The number of aromatic hydroxyl groups is 1. The third-order valence-electron chi connectivity index (χ3n) is 2.15. The lowest BCUT2D eigenvalue weighted by Gasteiger charge is -2.00. The van der Waals surface area contributed by atoms with Crippen molar-refractivity contribution in [1.82, 2.24) is 0 Å². The Bertz CT molecular complexity index is 526. The van der Waals surface area contributed by atoms with Crippen LogP contribution < -0.4 is 5.43 Å². The van der Waals surface area contributed by atoms with E-state index in [1.165, 1.54) is 0 Å². The predicted octanol–water partition coefficient (Wildman–Crippen LogP) is 3.60. The standard InChI is InChI=1S/C13H11BrN2O/c14-12-8-10(6-7-13(12)17)9-15-16-11-4-2-1-3-5-11/h1-9,16-17H/b15-9-. The summed E-state index contributed by atoms with van der Waals surface area (Å²) in [5.74, 6) is 0.221. The lowest BCUT2D eigenvalue weighted by atomic mass is 10.2. The molecule has 0 fully saturated rings. The molecule has 0 aromatic heterocycles. The Morgan fingerprint density at radius 1 is 1.12 bits per heavy atom. The van der Waals surface area contributed by atoms with Crippen molar-refractivity contribution >= 4 is 27.8 Å². The van der Waals surface area contributed by atoms with Crippen LogP contribution in [0.5, 0.6) is 5.75 Å². The number of hydrogen-bond acceptors (Lipinski definition) is 3. The summed E-state index contributed by atoms with van der Waals surface area (Å²) in [6, 6.07) is 14.9. The van der Waals surface area contributed by atoms with Crippen molar-refractivity contribution in [3.05, 3.63) is 58.6 Å². The maximum Gasteiger partial charge on any atom is 0.129 e. The van der Waals surface area contributed by atoms with Crippen molar-refractivity contribution in [2.75, 3.05) is 5.43 Å². The normalized spacial score (nSPS) is 10.6. The summed E-state index contributed by atoms with van der Waals surface area (Å²) >= 11 is 3.25. The number of benzene rings is 2. The van der Waals surface area contributed by atoms with Crippen molar-refractivity contribution in [1.29, 1.82) is 0 Å². The van der Waals surface area contributed by atoms with Crippen LogP contribution in [0.1, 0.15) is 5.56 Å². The lowest BCUT2D eigenvalue weighted by Crippen LogP contribution is -1.90. The van der Waals surface area contributed by atoms with Crippen LogP contribution in [0.4, 0.5) is 5.69 Å². The van der Waals surface area contributed by atoms with Gasteiger partial charge >= 0.3 is 0 Å². The summed E-state index contributed by atoms with van der Waals surface area (Å²) in [6.07, 6.45) is 1.69. The molecule has 17 heavy (non-hydrogen) atoms. The molecule has 0 aliphatic rings. The van der Waals surface area contributed by atoms with Crippen LogP contribution in [-0.4, -0.2) is 11.3 Å². The second-order valence-electron chi connectivity index (χ2n) is 3.45. The van der Waals surface area contributed by atoms with Gasteiger partial charge in [0.05, 0.1) is 16.4 Å². The number of hydrazone groups is 1. The predicted molar refractivity (Wildman–Crippen MR) is 73.5 cm³/mol. The molecule has 0 amide bonds. The highest BCUT2D eigenvalue weighted by Crippen LogP contribution is 2.23. The molecule has 3 nitrogen and oxygen atoms in total. The van der Waals surface area contributed by atoms with Gasteiger partial charge in [-0.2, -0.15) is 5.10 Å². The van der Waals surface area contributed by atoms with E-state index in [0.29, 0.717) is 4.47 Å². The zero-order valence-corrected chi connectivity index (χ0v) is 10.6. The summed E-state index contributed by atoms with van der Waals surface area (Å²) in [4.78, 5) is 0. The molecule has 0 saturated heterocycles. The van der Waals surface area contributed by atoms with Crippen LogP contribution >= 0.6 is 15.9 Å². The Kier molecular flexibility index (Phi) is 3.77. The van der Waals surface area contributed by atoms with E-state index in [1.807, 2.05) is 30.3 Å². The largest absolute Gasteiger partial charge is 0.507 e. The number of nitrogens with zero attached hydrogens (tertiary/aromatic N) is 1. The van der Waals surface area contributed by atoms with Crippen molar-refractivity contribution < 1.29 is 5.11 Å². The number of hydrogen-bond donors (Lipinski definition) is 2. The van der Waals surface area contributed by atoms with Gasteiger partial charge in [0, 0.05) is 0 Å². The summed E-state index contributed by atoms with van der Waals surface area (Å²) in [6.45, 7) is 0. The van der Waals surface area contributed by atoms with E-state index >= 15 is 0 Å². The average molecular weight is 291 g/mol. The Morgan fingerprint density at radius 2 is 1.88 bits per heavy atom. The van der Waals surface area contributed by atoms with E-state index in [0.717, 1.165) is 11.3 Å². The van der Waals surface area contributed by atoms with Gasteiger partial charge in [0.1, 0.15) is 5.75 Å². The Balaban J connectivity index is 2.03. The minimum absolute atomic E-state index is 0.221. The topological polar surface area (TPSA) is 44.6 Å². The first-order chi connectivity index (χ1) is 8.25. The molecular formula is C13H11BrN2O. The summed E-state index contributed by atoms with van der Waals surface area (Å²) in [5, 5.41) is 13.4. The molecule has 4 heteroatoms. The molecule has 0 heterocycles. The van der Waals surface area contributed by atoms with Gasteiger partial charge in [-0.15, -0.1) is 0 Å². The summed E-state index contributed by atoms with van der Waals surface area (Å²) in [7, 11) is 0. The molecule has 0 radical (unpaired) electrons. The Morgan fingerprint density at radius 3 is 2.59 bits per heavy atom. The molecule has 0 atom stereocenters. The van der Waals surface area contributed by atoms with Crippen LogP contribution in [-0.2, 0) is 0 Å². The minimum Gasteiger partial charge on any atom is -0.507 e. The molecule has 0 saturated carbocycles. The van der Waals surface area contributed by atoms with E-state index in [9.17, 15) is 5.11 Å². The zero-order chi connectivity index (χ0) is 12.1. The number of para-hydroxylation sites is 1. The van der Waals surface area contributed by atoms with E-state index in [4.69, 9.17) is 0 Å². The lowest BCUT2D eigenvalue weighted by molar-refractivity contribution is 0.472. The van der Waals surface area contributed by atoms with Crippen molar-refractivity contribution in [2.45, 2.75) is 0 Å². The van der Waals surface area contributed by atoms with Crippen LogP contribution in [0.3, 0.4) is 0 Å².